The van der Waals surface area contributed by atoms with Gasteiger partial charge in [0.2, 0.25) is 0 Å². The Balaban J connectivity index is 1.28. The third-order valence-electron chi connectivity index (χ3n) is 4.53. The van der Waals surface area contributed by atoms with E-state index in [1.54, 1.807) is 6.20 Å². The van der Waals surface area contributed by atoms with Crippen LogP contribution in [0, 0.1) is 0 Å². The number of nitrogens with one attached hydrogen (secondary N) is 2. The maximum absolute atomic E-state index is 10.1. The SMILES string of the molecule is OC(CNCc1ccccc1Cl)COc1ccc(-c2nc3cc(Br)cnc3[nH]2)cc1. The predicted molar refractivity (Wildman–Crippen MR) is 122 cm³/mol. The summed E-state index contributed by atoms with van der Waals surface area (Å²) in [6, 6.07) is 17.1. The van der Waals surface area contributed by atoms with Crippen LogP contribution in [-0.2, 0) is 6.54 Å². The highest BCUT2D eigenvalue weighted by molar-refractivity contribution is 9.10. The molecule has 1 unspecified atom stereocenters. The van der Waals surface area contributed by atoms with Gasteiger partial charge in [-0.05, 0) is 57.9 Å². The van der Waals surface area contributed by atoms with Gasteiger partial charge in [-0.3, -0.25) is 0 Å². The summed E-state index contributed by atoms with van der Waals surface area (Å²) >= 11 is 9.53. The summed E-state index contributed by atoms with van der Waals surface area (Å²) in [5, 5.41) is 14.0. The van der Waals surface area contributed by atoms with Crippen LogP contribution >= 0.6 is 27.5 Å². The van der Waals surface area contributed by atoms with Crippen molar-refractivity contribution in [2.24, 2.45) is 0 Å². The zero-order valence-electron chi connectivity index (χ0n) is 16.0. The summed E-state index contributed by atoms with van der Waals surface area (Å²) in [7, 11) is 0. The smallest absolute Gasteiger partial charge is 0.157 e. The molecule has 4 aromatic rings. The molecular formula is C22H20BrClN4O2. The van der Waals surface area contributed by atoms with Gasteiger partial charge in [-0.2, -0.15) is 0 Å². The number of aromatic nitrogens is 3. The van der Waals surface area contributed by atoms with Crippen LogP contribution in [0.1, 0.15) is 5.56 Å². The number of ether oxygens (including phenoxy) is 1. The first-order valence-corrected chi connectivity index (χ1v) is 10.6. The number of halogens is 2. The molecule has 3 N–H and O–H groups in total. The van der Waals surface area contributed by atoms with Gasteiger partial charge in [0.1, 0.15) is 29.8 Å². The Hall–Kier alpha value is -2.45. The summed E-state index contributed by atoms with van der Waals surface area (Å²) in [6.07, 6.45) is 1.10. The van der Waals surface area contributed by atoms with Crippen molar-refractivity contribution in [3.8, 4) is 17.1 Å². The summed E-state index contributed by atoms with van der Waals surface area (Å²) < 4.78 is 6.58. The molecule has 2 aromatic carbocycles. The molecule has 0 amide bonds. The first-order valence-electron chi connectivity index (χ1n) is 9.45. The number of benzene rings is 2. The maximum Gasteiger partial charge on any atom is 0.157 e. The quantitative estimate of drug-likeness (QED) is 0.339. The molecule has 0 aliphatic heterocycles. The van der Waals surface area contributed by atoms with Gasteiger partial charge in [-0.1, -0.05) is 29.8 Å². The zero-order chi connectivity index (χ0) is 20.9. The maximum atomic E-state index is 10.1. The molecule has 0 saturated heterocycles. The first-order chi connectivity index (χ1) is 14.6. The van der Waals surface area contributed by atoms with E-state index in [0.29, 0.717) is 23.9 Å². The van der Waals surface area contributed by atoms with Crippen molar-refractivity contribution >= 4 is 38.7 Å². The third-order valence-corrected chi connectivity index (χ3v) is 5.33. The Labute approximate surface area is 187 Å². The number of H-pyrrole nitrogens is 1. The molecule has 0 saturated carbocycles. The Bertz CT molecular complexity index is 1130. The van der Waals surface area contributed by atoms with E-state index in [9.17, 15) is 5.11 Å². The van der Waals surface area contributed by atoms with E-state index in [4.69, 9.17) is 16.3 Å². The molecule has 1 atom stereocenters. The van der Waals surface area contributed by atoms with E-state index in [2.05, 4.69) is 36.2 Å². The zero-order valence-corrected chi connectivity index (χ0v) is 18.3. The average molecular weight is 488 g/mol. The first kappa shape index (κ1) is 20.8. The van der Waals surface area contributed by atoms with Crippen LogP contribution in [0.3, 0.4) is 0 Å². The number of pyridine rings is 1. The Morgan fingerprint density at radius 1 is 1.17 bits per heavy atom. The Morgan fingerprint density at radius 3 is 2.77 bits per heavy atom. The highest BCUT2D eigenvalue weighted by Crippen LogP contribution is 2.23. The van der Waals surface area contributed by atoms with Gasteiger partial charge in [0.15, 0.2) is 5.65 Å². The van der Waals surface area contributed by atoms with Crippen LogP contribution in [0.4, 0.5) is 0 Å². The largest absolute Gasteiger partial charge is 0.491 e. The molecule has 0 aliphatic carbocycles. The molecule has 0 bridgehead atoms. The fourth-order valence-electron chi connectivity index (χ4n) is 2.98. The minimum atomic E-state index is -0.632. The van der Waals surface area contributed by atoms with Gasteiger partial charge in [-0.25, -0.2) is 9.97 Å². The third kappa shape index (κ3) is 5.17. The molecular weight excluding hydrogens is 468 g/mol. The molecule has 2 heterocycles. The van der Waals surface area contributed by atoms with Crippen molar-refractivity contribution in [1.82, 2.24) is 20.3 Å². The lowest BCUT2D eigenvalue weighted by Crippen LogP contribution is -2.31. The van der Waals surface area contributed by atoms with Gasteiger partial charge in [-0.15, -0.1) is 0 Å². The van der Waals surface area contributed by atoms with E-state index < -0.39 is 6.10 Å². The van der Waals surface area contributed by atoms with E-state index in [-0.39, 0.29) is 6.61 Å². The van der Waals surface area contributed by atoms with Crippen molar-refractivity contribution < 1.29 is 9.84 Å². The van der Waals surface area contributed by atoms with Crippen LogP contribution < -0.4 is 10.1 Å². The minimum Gasteiger partial charge on any atom is -0.491 e. The van der Waals surface area contributed by atoms with Crippen molar-refractivity contribution in [1.29, 1.82) is 0 Å². The molecule has 0 radical (unpaired) electrons. The number of aliphatic hydroxyl groups excluding tert-OH is 1. The van der Waals surface area contributed by atoms with E-state index in [0.717, 1.165) is 32.6 Å². The van der Waals surface area contributed by atoms with Crippen molar-refractivity contribution in [3.05, 3.63) is 75.9 Å². The molecule has 154 valence electrons. The second kappa shape index (κ2) is 9.57. The number of imidazole rings is 1. The number of nitrogens with zero attached hydrogens (tertiary/aromatic N) is 2. The number of hydrogen-bond donors (Lipinski definition) is 3. The van der Waals surface area contributed by atoms with Gasteiger partial charge < -0.3 is 20.1 Å². The standard InChI is InChI=1S/C22H20BrClN4O2/c23-16-9-20-22(26-11-16)28-21(27-20)14-5-7-18(8-6-14)30-13-17(29)12-25-10-15-3-1-2-4-19(15)24/h1-9,11,17,25,29H,10,12-13H2,(H,26,27,28). The summed E-state index contributed by atoms with van der Waals surface area (Å²) in [5.41, 5.74) is 3.46. The van der Waals surface area contributed by atoms with Crippen molar-refractivity contribution in [2.75, 3.05) is 13.2 Å². The second-order valence-corrected chi connectivity index (χ2v) is 8.14. The predicted octanol–water partition coefficient (Wildman–Crippen LogP) is 4.57. The van der Waals surface area contributed by atoms with Gasteiger partial charge in [0.05, 0.1) is 0 Å². The van der Waals surface area contributed by atoms with Crippen molar-refractivity contribution in [3.63, 3.8) is 0 Å². The second-order valence-electron chi connectivity index (χ2n) is 6.82. The fourth-order valence-corrected chi connectivity index (χ4v) is 3.50. The molecule has 30 heavy (non-hydrogen) atoms. The van der Waals surface area contributed by atoms with Gasteiger partial charge >= 0.3 is 0 Å². The normalized spacial score (nSPS) is 12.2. The van der Waals surface area contributed by atoms with Crippen LogP contribution in [-0.4, -0.2) is 39.3 Å². The topological polar surface area (TPSA) is 83.1 Å². The lowest BCUT2D eigenvalue weighted by atomic mass is 10.2. The fraction of sp³-hybridized carbons (Fsp3) is 0.182. The molecule has 8 heteroatoms. The highest BCUT2D eigenvalue weighted by atomic mass is 79.9. The van der Waals surface area contributed by atoms with Crippen LogP contribution in [0.15, 0.2) is 65.3 Å². The minimum absolute atomic E-state index is 0.192. The molecule has 4 rings (SSSR count). The molecule has 0 spiro atoms. The lowest BCUT2D eigenvalue weighted by molar-refractivity contribution is 0.106. The molecule has 0 aliphatic rings. The monoisotopic (exact) mass is 486 g/mol. The summed E-state index contributed by atoms with van der Waals surface area (Å²) in [4.78, 5) is 12.1. The molecule has 2 aromatic heterocycles. The number of aliphatic hydroxyl groups is 1. The Kier molecular flexibility index (Phi) is 6.64. The number of fused-ring (bicyclic) bond motifs is 1. The molecule has 6 nitrogen and oxygen atoms in total. The summed E-state index contributed by atoms with van der Waals surface area (Å²) in [6.45, 7) is 1.19. The Morgan fingerprint density at radius 2 is 1.97 bits per heavy atom. The van der Waals surface area contributed by atoms with Crippen LogP contribution in [0.5, 0.6) is 5.75 Å². The van der Waals surface area contributed by atoms with E-state index >= 15 is 0 Å². The van der Waals surface area contributed by atoms with Gasteiger partial charge in [0.25, 0.3) is 0 Å². The average Bonchev–Trinajstić information content (AvgIpc) is 3.17. The number of hydrogen-bond acceptors (Lipinski definition) is 5. The number of rotatable bonds is 8. The van der Waals surface area contributed by atoms with Crippen LogP contribution in [0.25, 0.3) is 22.6 Å². The highest BCUT2D eigenvalue weighted by Gasteiger charge is 2.09. The number of aromatic amines is 1. The van der Waals surface area contributed by atoms with Crippen molar-refractivity contribution in [2.45, 2.75) is 12.6 Å². The lowest BCUT2D eigenvalue weighted by Gasteiger charge is -2.14. The van der Waals surface area contributed by atoms with Gasteiger partial charge in [0, 0.05) is 34.3 Å². The molecule has 0 fully saturated rings. The van der Waals surface area contributed by atoms with E-state index in [1.807, 2.05) is 54.6 Å². The van der Waals surface area contributed by atoms with E-state index in [1.165, 1.54) is 0 Å². The van der Waals surface area contributed by atoms with Crippen LogP contribution in [0.2, 0.25) is 5.02 Å². The summed E-state index contributed by atoms with van der Waals surface area (Å²) in [5.74, 6) is 1.42.